The Morgan fingerprint density at radius 1 is 1.12 bits per heavy atom. The molecule has 0 aliphatic carbocycles. The lowest BCUT2D eigenvalue weighted by molar-refractivity contribution is -0.121. The van der Waals surface area contributed by atoms with Crippen molar-refractivity contribution in [2.45, 2.75) is 19.4 Å². The third-order valence-electron chi connectivity index (χ3n) is 3.42. The molecule has 0 saturated carbocycles. The van der Waals surface area contributed by atoms with E-state index >= 15 is 0 Å². The molecule has 0 unspecified atom stereocenters. The van der Waals surface area contributed by atoms with Crippen LogP contribution in [0.25, 0.3) is 10.2 Å². The fraction of sp³-hybridized carbons (Fsp3) is 0.235. The molecule has 5 nitrogen and oxygen atoms in total. The van der Waals surface area contributed by atoms with E-state index < -0.39 is 0 Å². The van der Waals surface area contributed by atoms with Gasteiger partial charge >= 0.3 is 0 Å². The number of rotatable bonds is 7. The zero-order chi connectivity index (χ0) is 16.8. The summed E-state index contributed by atoms with van der Waals surface area (Å²) in [6.07, 6.45) is 0.996. The maximum atomic E-state index is 11.9. The highest BCUT2D eigenvalue weighted by Gasteiger charge is 2.07. The smallest absolute Gasteiger partial charge is 0.252 e. The van der Waals surface area contributed by atoms with Crippen molar-refractivity contribution < 1.29 is 9.59 Å². The Bertz CT molecular complexity index is 794. The Morgan fingerprint density at radius 3 is 2.79 bits per heavy atom. The van der Waals surface area contributed by atoms with Gasteiger partial charge in [-0.1, -0.05) is 12.1 Å². The van der Waals surface area contributed by atoms with Crippen LogP contribution in [0, 0.1) is 0 Å². The number of hydrogen-bond donors (Lipinski definition) is 2. The van der Waals surface area contributed by atoms with E-state index in [4.69, 9.17) is 0 Å². The number of para-hydroxylation sites is 1. The van der Waals surface area contributed by atoms with Gasteiger partial charge in [0.2, 0.25) is 5.91 Å². The molecule has 0 spiro atoms. The van der Waals surface area contributed by atoms with Crippen LogP contribution < -0.4 is 10.6 Å². The van der Waals surface area contributed by atoms with Gasteiger partial charge in [-0.15, -0.1) is 11.3 Å². The molecule has 0 bridgehead atoms. The van der Waals surface area contributed by atoms with Crippen molar-refractivity contribution in [3.05, 3.63) is 51.7 Å². The van der Waals surface area contributed by atoms with E-state index in [0.717, 1.165) is 15.2 Å². The van der Waals surface area contributed by atoms with Crippen LogP contribution in [0.3, 0.4) is 0 Å². The molecule has 2 aromatic heterocycles. The summed E-state index contributed by atoms with van der Waals surface area (Å²) < 4.78 is 1.12. The summed E-state index contributed by atoms with van der Waals surface area (Å²) >= 11 is 3.08. The molecule has 0 saturated heterocycles. The number of thiophene rings is 1. The molecule has 3 aromatic rings. The summed E-state index contributed by atoms with van der Waals surface area (Å²) in [6.45, 7) is 0.933. The minimum atomic E-state index is -0.0915. The van der Waals surface area contributed by atoms with Crippen LogP contribution in [0.1, 0.15) is 28.2 Å². The number of aromatic nitrogens is 1. The van der Waals surface area contributed by atoms with E-state index in [9.17, 15) is 9.59 Å². The molecule has 2 amide bonds. The first-order valence-electron chi connectivity index (χ1n) is 7.64. The molecule has 7 heteroatoms. The molecule has 1 aromatic carbocycles. The second-order valence-corrected chi connectivity index (χ2v) is 7.12. The van der Waals surface area contributed by atoms with Crippen LogP contribution in [0.15, 0.2) is 41.1 Å². The summed E-state index contributed by atoms with van der Waals surface area (Å²) in [5.41, 5.74) is 1.63. The molecule has 0 fully saturated rings. The zero-order valence-electron chi connectivity index (χ0n) is 13.0. The van der Waals surface area contributed by atoms with Crippen LogP contribution in [0.2, 0.25) is 0 Å². The second-order valence-electron chi connectivity index (χ2n) is 5.22. The van der Waals surface area contributed by atoms with Crippen molar-refractivity contribution in [2.24, 2.45) is 0 Å². The minimum absolute atomic E-state index is 0.0287. The summed E-state index contributed by atoms with van der Waals surface area (Å²) in [6, 6.07) is 9.70. The normalized spacial score (nSPS) is 10.7. The van der Waals surface area contributed by atoms with Crippen LogP contribution >= 0.6 is 22.7 Å². The number of nitrogens with one attached hydrogen (secondary N) is 2. The van der Waals surface area contributed by atoms with Crippen LogP contribution in [-0.4, -0.2) is 23.3 Å². The third kappa shape index (κ3) is 4.39. The molecule has 2 N–H and O–H groups in total. The first-order valence-corrected chi connectivity index (χ1v) is 9.40. The lowest BCUT2D eigenvalue weighted by Crippen LogP contribution is -2.27. The van der Waals surface area contributed by atoms with Crippen molar-refractivity contribution in [3.63, 3.8) is 0 Å². The van der Waals surface area contributed by atoms with Gasteiger partial charge in [-0.3, -0.25) is 9.59 Å². The van der Waals surface area contributed by atoms with E-state index in [1.54, 1.807) is 22.8 Å². The fourth-order valence-corrected chi connectivity index (χ4v) is 3.75. The number of fused-ring (bicyclic) bond motifs is 1. The fourth-order valence-electron chi connectivity index (χ4n) is 2.20. The standard InChI is InChI=1S/C17H17N3O2S2/c21-15(6-3-8-18-17(22)12-7-9-23-11-12)19-10-16-20-13-4-1-2-5-14(13)24-16/h1-2,4-5,7,9,11H,3,6,8,10H2,(H,18,22)(H,19,21). The van der Waals surface area contributed by atoms with Crippen molar-refractivity contribution in [3.8, 4) is 0 Å². The summed E-state index contributed by atoms with van der Waals surface area (Å²) in [5.74, 6) is -0.120. The molecule has 124 valence electrons. The average molecular weight is 359 g/mol. The Balaban J connectivity index is 1.36. The number of nitrogens with zero attached hydrogens (tertiary/aromatic N) is 1. The Labute approximate surface area is 147 Å². The van der Waals surface area contributed by atoms with Gasteiger partial charge in [0.05, 0.1) is 16.8 Å². The molecule has 0 atom stereocenters. The summed E-state index contributed by atoms with van der Waals surface area (Å²) in [7, 11) is 0. The lowest BCUT2D eigenvalue weighted by Gasteiger charge is -2.05. The lowest BCUT2D eigenvalue weighted by atomic mass is 10.2. The van der Waals surface area contributed by atoms with Gasteiger partial charge in [-0.2, -0.15) is 11.3 Å². The van der Waals surface area contributed by atoms with Crippen LogP contribution in [0.4, 0.5) is 0 Å². The first-order chi connectivity index (χ1) is 11.7. The average Bonchev–Trinajstić information content (AvgIpc) is 3.25. The van der Waals surface area contributed by atoms with Gasteiger partial charge in [-0.05, 0) is 30.0 Å². The number of carbonyl (C=O) groups excluding carboxylic acids is 2. The molecular weight excluding hydrogens is 342 g/mol. The minimum Gasteiger partial charge on any atom is -0.352 e. The molecular formula is C17H17N3O2S2. The quantitative estimate of drug-likeness (QED) is 0.637. The Morgan fingerprint density at radius 2 is 2.00 bits per heavy atom. The van der Waals surface area contributed by atoms with Crippen molar-refractivity contribution >= 4 is 44.7 Å². The van der Waals surface area contributed by atoms with Gasteiger partial charge < -0.3 is 10.6 Å². The number of benzene rings is 1. The number of carbonyl (C=O) groups is 2. The molecule has 0 radical (unpaired) electrons. The van der Waals surface area contributed by atoms with E-state index in [1.807, 2.05) is 29.6 Å². The number of thiazole rings is 1. The molecule has 3 rings (SSSR count). The van der Waals surface area contributed by atoms with Crippen molar-refractivity contribution in [1.29, 1.82) is 0 Å². The second kappa shape index (κ2) is 8.03. The van der Waals surface area contributed by atoms with E-state index in [0.29, 0.717) is 31.5 Å². The topological polar surface area (TPSA) is 71.1 Å². The number of hydrogen-bond acceptors (Lipinski definition) is 5. The van der Waals surface area contributed by atoms with Crippen molar-refractivity contribution in [2.75, 3.05) is 6.54 Å². The third-order valence-corrected chi connectivity index (χ3v) is 5.14. The zero-order valence-corrected chi connectivity index (χ0v) is 14.6. The molecule has 24 heavy (non-hydrogen) atoms. The van der Waals surface area contributed by atoms with Gasteiger partial charge in [0.25, 0.3) is 5.91 Å². The first kappa shape index (κ1) is 16.6. The summed E-state index contributed by atoms with van der Waals surface area (Å²) in [4.78, 5) is 28.1. The molecule has 0 aliphatic heterocycles. The molecule has 2 heterocycles. The maximum Gasteiger partial charge on any atom is 0.252 e. The maximum absolute atomic E-state index is 11.9. The van der Waals surface area contributed by atoms with Crippen LogP contribution in [0.5, 0.6) is 0 Å². The summed E-state index contributed by atoms with van der Waals surface area (Å²) in [5, 5.41) is 10.3. The van der Waals surface area contributed by atoms with Gasteiger partial charge in [0.15, 0.2) is 0 Å². The highest BCUT2D eigenvalue weighted by atomic mass is 32.1. The Hall–Kier alpha value is -2.25. The highest BCUT2D eigenvalue weighted by Crippen LogP contribution is 2.21. The predicted molar refractivity (Wildman–Crippen MR) is 97.4 cm³/mol. The SMILES string of the molecule is O=C(CCCNC(=O)c1ccsc1)NCc1nc2ccccc2s1. The Kier molecular flexibility index (Phi) is 5.55. The van der Waals surface area contributed by atoms with E-state index in [1.165, 1.54) is 11.3 Å². The molecule has 0 aliphatic rings. The van der Waals surface area contributed by atoms with E-state index in [-0.39, 0.29) is 11.8 Å². The highest BCUT2D eigenvalue weighted by molar-refractivity contribution is 7.18. The van der Waals surface area contributed by atoms with Crippen LogP contribution in [-0.2, 0) is 11.3 Å². The monoisotopic (exact) mass is 359 g/mol. The predicted octanol–water partition coefficient (Wildman–Crippen LogP) is 3.18. The van der Waals surface area contributed by atoms with Gasteiger partial charge in [-0.25, -0.2) is 4.98 Å². The van der Waals surface area contributed by atoms with E-state index in [2.05, 4.69) is 15.6 Å². The number of amides is 2. The van der Waals surface area contributed by atoms with Gasteiger partial charge in [0, 0.05) is 23.9 Å². The van der Waals surface area contributed by atoms with Crippen molar-refractivity contribution in [1.82, 2.24) is 15.6 Å². The largest absolute Gasteiger partial charge is 0.352 e. The van der Waals surface area contributed by atoms with Gasteiger partial charge in [0.1, 0.15) is 5.01 Å².